The SMILES string of the molecule is C#Cc1ccc(-n2c(/C=C/c3cc(C=O)c(OC)c(OC)c3)nc3ncccc3c2=O)cc1. The largest absolute Gasteiger partial charge is 0.493 e. The fourth-order valence-electron chi connectivity index (χ4n) is 3.47. The van der Waals surface area contributed by atoms with Gasteiger partial charge in [0.1, 0.15) is 5.82 Å². The average Bonchev–Trinajstić information content (AvgIpc) is 2.87. The van der Waals surface area contributed by atoms with Gasteiger partial charge in [-0.15, -0.1) is 6.42 Å². The van der Waals surface area contributed by atoms with Crippen molar-refractivity contribution in [2.24, 2.45) is 0 Å². The second-order valence-electron chi connectivity index (χ2n) is 6.97. The fraction of sp³-hybridized carbons (Fsp3) is 0.0769. The molecule has 7 nitrogen and oxygen atoms in total. The van der Waals surface area contributed by atoms with Gasteiger partial charge in [-0.3, -0.25) is 14.2 Å². The molecule has 4 rings (SSSR count). The number of carbonyl (C=O) groups excluding carboxylic acids is 1. The summed E-state index contributed by atoms with van der Waals surface area (Å²) in [6.45, 7) is 0. The minimum absolute atomic E-state index is 0.262. The zero-order valence-electron chi connectivity index (χ0n) is 18.0. The number of aromatic nitrogens is 3. The number of carbonyl (C=O) groups is 1. The third-order valence-electron chi connectivity index (χ3n) is 5.04. The van der Waals surface area contributed by atoms with Crippen LogP contribution >= 0.6 is 0 Å². The molecule has 0 aliphatic heterocycles. The van der Waals surface area contributed by atoms with Crippen molar-refractivity contribution >= 4 is 29.5 Å². The molecule has 0 aliphatic rings. The number of hydrogen-bond acceptors (Lipinski definition) is 6. The van der Waals surface area contributed by atoms with Gasteiger partial charge >= 0.3 is 0 Å². The van der Waals surface area contributed by atoms with Crippen LogP contribution in [0.5, 0.6) is 11.5 Å². The van der Waals surface area contributed by atoms with Crippen molar-refractivity contribution in [3.8, 4) is 29.5 Å². The number of benzene rings is 2. The van der Waals surface area contributed by atoms with E-state index in [-0.39, 0.29) is 5.56 Å². The molecule has 0 radical (unpaired) electrons. The monoisotopic (exact) mass is 437 g/mol. The normalized spacial score (nSPS) is 10.8. The highest BCUT2D eigenvalue weighted by Gasteiger charge is 2.13. The summed E-state index contributed by atoms with van der Waals surface area (Å²) in [7, 11) is 2.96. The van der Waals surface area contributed by atoms with Crippen molar-refractivity contribution in [1.82, 2.24) is 14.5 Å². The van der Waals surface area contributed by atoms with E-state index in [4.69, 9.17) is 15.9 Å². The molecule has 4 aromatic rings. The van der Waals surface area contributed by atoms with Gasteiger partial charge < -0.3 is 9.47 Å². The van der Waals surface area contributed by atoms with E-state index in [0.717, 1.165) is 0 Å². The number of aldehydes is 1. The first-order chi connectivity index (χ1) is 16.1. The van der Waals surface area contributed by atoms with E-state index in [9.17, 15) is 9.59 Å². The zero-order valence-corrected chi connectivity index (χ0v) is 18.0. The molecule has 33 heavy (non-hydrogen) atoms. The number of terminal acetylenes is 1. The Bertz CT molecular complexity index is 1480. The van der Waals surface area contributed by atoms with E-state index >= 15 is 0 Å². The van der Waals surface area contributed by atoms with Gasteiger partial charge in [-0.05, 0) is 60.2 Å². The summed E-state index contributed by atoms with van der Waals surface area (Å²) < 4.78 is 12.1. The number of nitrogens with zero attached hydrogens (tertiary/aromatic N) is 3. The zero-order chi connectivity index (χ0) is 23.4. The fourth-order valence-corrected chi connectivity index (χ4v) is 3.47. The molecule has 2 aromatic heterocycles. The molecular formula is C26H19N3O4. The maximum Gasteiger partial charge on any atom is 0.267 e. The first-order valence-corrected chi connectivity index (χ1v) is 9.93. The molecule has 0 saturated carbocycles. The van der Waals surface area contributed by atoms with Crippen LogP contribution in [-0.2, 0) is 0 Å². The molecule has 2 heterocycles. The smallest absolute Gasteiger partial charge is 0.267 e. The summed E-state index contributed by atoms with van der Waals surface area (Å²) in [6, 6.07) is 13.8. The summed E-state index contributed by atoms with van der Waals surface area (Å²) in [6.07, 6.45) is 11.2. The average molecular weight is 437 g/mol. The van der Waals surface area contributed by atoms with Crippen LogP contribution in [0.2, 0.25) is 0 Å². The molecule has 0 bridgehead atoms. The molecule has 7 heteroatoms. The second-order valence-corrected chi connectivity index (χ2v) is 6.97. The van der Waals surface area contributed by atoms with Crippen molar-refractivity contribution < 1.29 is 14.3 Å². The number of methoxy groups -OCH3 is 2. The lowest BCUT2D eigenvalue weighted by Gasteiger charge is -2.12. The molecule has 0 N–H and O–H groups in total. The highest BCUT2D eigenvalue weighted by atomic mass is 16.5. The lowest BCUT2D eigenvalue weighted by atomic mass is 10.1. The van der Waals surface area contributed by atoms with Crippen LogP contribution in [0.1, 0.15) is 27.3 Å². The first kappa shape index (κ1) is 21.5. The van der Waals surface area contributed by atoms with E-state index in [1.165, 1.54) is 18.8 Å². The molecule has 0 spiro atoms. The van der Waals surface area contributed by atoms with Crippen molar-refractivity contribution in [3.63, 3.8) is 0 Å². The van der Waals surface area contributed by atoms with Crippen molar-refractivity contribution in [2.75, 3.05) is 14.2 Å². The van der Waals surface area contributed by atoms with Gasteiger partial charge in [0.25, 0.3) is 5.56 Å². The van der Waals surface area contributed by atoms with Crippen LogP contribution in [0.15, 0.2) is 59.5 Å². The molecule has 0 amide bonds. The van der Waals surface area contributed by atoms with Crippen LogP contribution < -0.4 is 15.0 Å². The molecule has 2 aromatic carbocycles. The minimum atomic E-state index is -0.262. The minimum Gasteiger partial charge on any atom is -0.493 e. The molecular weight excluding hydrogens is 418 g/mol. The second kappa shape index (κ2) is 9.20. The Morgan fingerprint density at radius 2 is 1.85 bits per heavy atom. The quantitative estimate of drug-likeness (QED) is 0.337. The van der Waals surface area contributed by atoms with Crippen LogP contribution in [-0.4, -0.2) is 35.0 Å². The number of pyridine rings is 1. The van der Waals surface area contributed by atoms with Crippen LogP contribution in [0, 0.1) is 12.3 Å². The van der Waals surface area contributed by atoms with Crippen LogP contribution in [0.25, 0.3) is 28.9 Å². The number of ether oxygens (including phenoxy) is 2. The van der Waals surface area contributed by atoms with Crippen molar-refractivity contribution in [1.29, 1.82) is 0 Å². The molecule has 0 aliphatic carbocycles. The first-order valence-electron chi connectivity index (χ1n) is 9.93. The molecule has 0 saturated heterocycles. The number of rotatable bonds is 6. The van der Waals surface area contributed by atoms with Gasteiger partial charge in [-0.25, -0.2) is 9.97 Å². The summed E-state index contributed by atoms with van der Waals surface area (Å²) >= 11 is 0. The third kappa shape index (κ3) is 4.10. The lowest BCUT2D eigenvalue weighted by Crippen LogP contribution is -2.22. The van der Waals surface area contributed by atoms with E-state index < -0.39 is 0 Å². The summed E-state index contributed by atoms with van der Waals surface area (Å²) in [4.78, 5) is 33.7. The van der Waals surface area contributed by atoms with E-state index in [2.05, 4.69) is 15.9 Å². The van der Waals surface area contributed by atoms with Gasteiger partial charge in [-0.2, -0.15) is 0 Å². The summed E-state index contributed by atoms with van der Waals surface area (Å²) in [5.74, 6) is 3.69. The molecule has 0 fully saturated rings. The Kier molecular flexibility index (Phi) is 6.00. The van der Waals surface area contributed by atoms with Crippen LogP contribution in [0.3, 0.4) is 0 Å². The van der Waals surface area contributed by atoms with Crippen LogP contribution in [0.4, 0.5) is 0 Å². The summed E-state index contributed by atoms with van der Waals surface area (Å²) in [5.41, 5.74) is 2.39. The van der Waals surface area contributed by atoms with E-state index in [1.807, 2.05) is 0 Å². The maximum atomic E-state index is 13.3. The highest BCUT2D eigenvalue weighted by molar-refractivity contribution is 5.84. The Morgan fingerprint density at radius 1 is 1.06 bits per heavy atom. The van der Waals surface area contributed by atoms with Gasteiger partial charge in [-0.1, -0.05) is 12.0 Å². The topological polar surface area (TPSA) is 83.3 Å². The number of fused-ring (bicyclic) bond motifs is 1. The Morgan fingerprint density at radius 3 is 2.52 bits per heavy atom. The predicted octanol–water partition coefficient (Wildman–Crippen LogP) is 3.76. The molecule has 0 atom stereocenters. The lowest BCUT2D eigenvalue weighted by molar-refractivity contribution is 0.112. The highest BCUT2D eigenvalue weighted by Crippen LogP contribution is 2.32. The van der Waals surface area contributed by atoms with E-state index in [0.29, 0.717) is 57.0 Å². The Hall–Kier alpha value is -4.70. The van der Waals surface area contributed by atoms with Gasteiger partial charge in [0.15, 0.2) is 23.4 Å². The summed E-state index contributed by atoms with van der Waals surface area (Å²) in [5, 5.41) is 0.394. The Labute approximate surface area is 190 Å². The molecule has 0 unspecified atom stereocenters. The third-order valence-corrected chi connectivity index (χ3v) is 5.04. The van der Waals surface area contributed by atoms with Gasteiger partial charge in [0, 0.05) is 11.8 Å². The van der Waals surface area contributed by atoms with Crippen molar-refractivity contribution in [2.45, 2.75) is 0 Å². The predicted molar refractivity (Wildman–Crippen MR) is 127 cm³/mol. The van der Waals surface area contributed by atoms with Crippen molar-refractivity contribution in [3.05, 3.63) is 87.6 Å². The standard InChI is InChI=1S/C26H19N3O4/c1-4-17-7-10-20(11-8-17)29-23(28-25-21(26(29)31)6-5-13-27-25)12-9-18-14-19(16-30)24(33-3)22(15-18)32-2/h1,5-16H,2-3H3/b12-9+. The molecule has 162 valence electrons. The number of hydrogen-bond donors (Lipinski definition) is 0. The van der Waals surface area contributed by atoms with Gasteiger partial charge in [0.05, 0.1) is 30.9 Å². The van der Waals surface area contributed by atoms with Gasteiger partial charge in [0.2, 0.25) is 0 Å². The maximum absolute atomic E-state index is 13.3. The van der Waals surface area contributed by atoms with E-state index in [1.54, 1.807) is 66.9 Å². The Balaban J connectivity index is 1.90.